The van der Waals surface area contributed by atoms with E-state index in [4.69, 9.17) is 4.74 Å². The quantitative estimate of drug-likeness (QED) is 0.860. The second-order valence-electron chi connectivity index (χ2n) is 5.16. The molecule has 1 aromatic carbocycles. The highest BCUT2D eigenvalue weighted by atomic mass is 16.5. The Morgan fingerprint density at radius 1 is 1.25 bits per heavy atom. The number of aromatic nitrogens is 1. The van der Waals surface area contributed by atoms with Crippen LogP contribution < -0.4 is 10.1 Å². The lowest BCUT2D eigenvalue weighted by molar-refractivity contribution is 0.328. The van der Waals surface area contributed by atoms with Gasteiger partial charge in [-0.05, 0) is 48.9 Å². The minimum absolute atomic E-state index is 0.628. The molecule has 1 aliphatic carbocycles. The van der Waals surface area contributed by atoms with E-state index in [2.05, 4.69) is 34.6 Å². The first-order valence-electron chi connectivity index (χ1n) is 7.27. The SMILES string of the molecule is CCOc1ncccc1NCc1cccc(C2CC2)c1. The van der Waals surface area contributed by atoms with Crippen LogP contribution >= 0.6 is 0 Å². The van der Waals surface area contributed by atoms with Crippen molar-refractivity contribution in [3.8, 4) is 5.88 Å². The Balaban J connectivity index is 1.68. The second-order valence-corrected chi connectivity index (χ2v) is 5.16. The van der Waals surface area contributed by atoms with Crippen LogP contribution in [0, 0.1) is 0 Å². The summed E-state index contributed by atoms with van der Waals surface area (Å²) >= 11 is 0. The number of hydrogen-bond acceptors (Lipinski definition) is 3. The maximum Gasteiger partial charge on any atom is 0.237 e. The highest BCUT2D eigenvalue weighted by Crippen LogP contribution is 2.40. The molecule has 2 aromatic rings. The molecular weight excluding hydrogens is 248 g/mol. The summed E-state index contributed by atoms with van der Waals surface area (Å²) in [4.78, 5) is 4.25. The van der Waals surface area contributed by atoms with E-state index in [1.54, 1.807) is 6.20 Å². The van der Waals surface area contributed by atoms with Crippen molar-refractivity contribution in [2.45, 2.75) is 32.2 Å². The molecule has 0 atom stereocenters. The number of hydrogen-bond donors (Lipinski definition) is 1. The van der Waals surface area contributed by atoms with Gasteiger partial charge in [0.05, 0.1) is 12.3 Å². The third-order valence-electron chi connectivity index (χ3n) is 3.53. The van der Waals surface area contributed by atoms with Gasteiger partial charge in [-0.2, -0.15) is 0 Å². The number of anilines is 1. The van der Waals surface area contributed by atoms with Gasteiger partial charge >= 0.3 is 0 Å². The van der Waals surface area contributed by atoms with E-state index in [-0.39, 0.29) is 0 Å². The number of nitrogens with one attached hydrogen (secondary N) is 1. The van der Waals surface area contributed by atoms with Crippen LogP contribution in [0.4, 0.5) is 5.69 Å². The molecule has 1 aliphatic rings. The summed E-state index contributed by atoms with van der Waals surface area (Å²) in [7, 11) is 0. The van der Waals surface area contributed by atoms with Crippen molar-refractivity contribution in [3.05, 3.63) is 53.7 Å². The zero-order chi connectivity index (χ0) is 13.8. The smallest absolute Gasteiger partial charge is 0.237 e. The van der Waals surface area contributed by atoms with Crippen LogP contribution in [-0.4, -0.2) is 11.6 Å². The zero-order valence-electron chi connectivity index (χ0n) is 11.8. The van der Waals surface area contributed by atoms with E-state index < -0.39 is 0 Å². The van der Waals surface area contributed by atoms with Crippen LogP contribution in [0.2, 0.25) is 0 Å². The zero-order valence-corrected chi connectivity index (χ0v) is 11.8. The lowest BCUT2D eigenvalue weighted by Crippen LogP contribution is -2.04. The average molecular weight is 268 g/mol. The molecule has 1 saturated carbocycles. The molecule has 0 bridgehead atoms. The van der Waals surface area contributed by atoms with Crippen molar-refractivity contribution >= 4 is 5.69 Å². The van der Waals surface area contributed by atoms with Gasteiger partial charge < -0.3 is 10.1 Å². The fraction of sp³-hybridized carbons (Fsp3) is 0.353. The van der Waals surface area contributed by atoms with Crippen molar-refractivity contribution < 1.29 is 4.74 Å². The van der Waals surface area contributed by atoms with Gasteiger partial charge in [-0.25, -0.2) is 4.98 Å². The van der Waals surface area contributed by atoms with Crippen molar-refractivity contribution in [1.29, 1.82) is 0 Å². The lowest BCUT2D eigenvalue weighted by Gasteiger charge is -2.11. The summed E-state index contributed by atoms with van der Waals surface area (Å²) in [5, 5.41) is 3.41. The van der Waals surface area contributed by atoms with E-state index in [1.807, 2.05) is 19.1 Å². The highest BCUT2D eigenvalue weighted by Gasteiger charge is 2.23. The van der Waals surface area contributed by atoms with Crippen LogP contribution in [0.1, 0.15) is 36.8 Å². The van der Waals surface area contributed by atoms with Crippen molar-refractivity contribution in [1.82, 2.24) is 4.98 Å². The van der Waals surface area contributed by atoms with E-state index >= 15 is 0 Å². The molecule has 0 spiro atoms. The maximum atomic E-state index is 5.52. The van der Waals surface area contributed by atoms with Gasteiger partial charge in [-0.15, -0.1) is 0 Å². The first-order chi connectivity index (χ1) is 9.86. The second kappa shape index (κ2) is 5.95. The molecule has 3 nitrogen and oxygen atoms in total. The summed E-state index contributed by atoms with van der Waals surface area (Å²) in [5.41, 5.74) is 3.73. The predicted molar refractivity (Wildman–Crippen MR) is 81.1 cm³/mol. The summed E-state index contributed by atoms with van der Waals surface area (Å²) < 4.78 is 5.52. The van der Waals surface area contributed by atoms with Gasteiger partial charge in [0.25, 0.3) is 0 Å². The molecule has 1 heterocycles. The third kappa shape index (κ3) is 3.10. The van der Waals surface area contributed by atoms with Crippen LogP contribution in [0.15, 0.2) is 42.6 Å². The lowest BCUT2D eigenvalue weighted by atomic mass is 10.1. The molecule has 3 heteroatoms. The first-order valence-corrected chi connectivity index (χ1v) is 7.27. The normalized spacial score (nSPS) is 14.1. The molecule has 0 unspecified atom stereocenters. The summed E-state index contributed by atoms with van der Waals surface area (Å²) in [6.45, 7) is 3.40. The minimum atomic E-state index is 0.628. The number of nitrogens with zero attached hydrogens (tertiary/aromatic N) is 1. The number of ether oxygens (including phenoxy) is 1. The van der Waals surface area contributed by atoms with E-state index in [0.29, 0.717) is 12.5 Å². The van der Waals surface area contributed by atoms with Crippen LogP contribution in [0.5, 0.6) is 5.88 Å². The average Bonchev–Trinajstić information content (AvgIpc) is 3.32. The molecular formula is C17H20N2O. The molecule has 0 aliphatic heterocycles. The summed E-state index contributed by atoms with van der Waals surface area (Å²) in [6, 6.07) is 12.8. The van der Waals surface area contributed by atoms with Crippen molar-refractivity contribution in [2.24, 2.45) is 0 Å². The van der Waals surface area contributed by atoms with Gasteiger partial charge in [0, 0.05) is 12.7 Å². The van der Waals surface area contributed by atoms with Crippen LogP contribution in [-0.2, 0) is 6.54 Å². The molecule has 1 fully saturated rings. The fourth-order valence-electron chi connectivity index (χ4n) is 2.35. The van der Waals surface area contributed by atoms with Crippen LogP contribution in [0.25, 0.3) is 0 Å². The Bertz CT molecular complexity index is 579. The number of benzene rings is 1. The van der Waals surface area contributed by atoms with E-state index in [9.17, 15) is 0 Å². The van der Waals surface area contributed by atoms with Crippen molar-refractivity contribution in [3.63, 3.8) is 0 Å². The Morgan fingerprint density at radius 2 is 2.15 bits per heavy atom. The summed E-state index contributed by atoms with van der Waals surface area (Å²) in [5.74, 6) is 1.47. The molecule has 104 valence electrons. The molecule has 1 N–H and O–H groups in total. The standard InChI is InChI=1S/C17H20N2O/c1-2-20-17-16(7-4-10-18-17)19-12-13-5-3-6-15(11-13)14-8-9-14/h3-7,10-11,14,19H,2,8-9,12H2,1H3. The Labute approximate surface area is 120 Å². The molecule has 3 rings (SSSR count). The van der Waals surface area contributed by atoms with Crippen LogP contribution in [0.3, 0.4) is 0 Å². The highest BCUT2D eigenvalue weighted by molar-refractivity contribution is 5.52. The molecule has 20 heavy (non-hydrogen) atoms. The largest absolute Gasteiger partial charge is 0.476 e. The first kappa shape index (κ1) is 13.0. The Hall–Kier alpha value is -2.03. The molecule has 0 saturated heterocycles. The third-order valence-corrected chi connectivity index (χ3v) is 3.53. The van der Waals surface area contributed by atoms with E-state index in [0.717, 1.165) is 18.2 Å². The molecule has 0 amide bonds. The topological polar surface area (TPSA) is 34.1 Å². The van der Waals surface area contributed by atoms with Gasteiger partial charge in [0.15, 0.2) is 0 Å². The fourth-order valence-corrected chi connectivity index (χ4v) is 2.35. The van der Waals surface area contributed by atoms with Crippen molar-refractivity contribution in [2.75, 3.05) is 11.9 Å². The summed E-state index contributed by atoms with van der Waals surface area (Å²) in [6.07, 6.45) is 4.44. The Morgan fingerprint density at radius 3 is 2.95 bits per heavy atom. The predicted octanol–water partition coefficient (Wildman–Crippen LogP) is 3.97. The Kier molecular flexibility index (Phi) is 3.86. The van der Waals surface area contributed by atoms with Gasteiger partial charge in [0.2, 0.25) is 5.88 Å². The number of rotatable bonds is 6. The monoisotopic (exact) mass is 268 g/mol. The van der Waals surface area contributed by atoms with Gasteiger partial charge in [0.1, 0.15) is 0 Å². The van der Waals surface area contributed by atoms with Gasteiger partial charge in [-0.1, -0.05) is 24.3 Å². The number of pyridine rings is 1. The molecule has 0 radical (unpaired) electrons. The molecule has 1 aromatic heterocycles. The van der Waals surface area contributed by atoms with Gasteiger partial charge in [-0.3, -0.25) is 0 Å². The maximum absolute atomic E-state index is 5.52. The minimum Gasteiger partial charge on any atom is -0.476 e. The van der Waals surface area contributed by atoms with E-state index in [1.165, 1.54) is 24.0 Å².